The number of nitrogens with one attached hydrogen (secondary N) is 1. The van der Waals surface area contributed by atoms with Crippen LogP contribution in [0.1, 0.15) is 30.4 Å². The van der Waals surface area contributed by atoms with Gasteiger partial charge in [-0.25, -0.2) is 8.42 Å². The van der Waals surface area contributed by atoms with E-state index in [-0.39, 0.29) is 23.7 Å². The second-order valence-corrected chi connectivity index (χ2v) is 9.71. The van der Waals surface area contributed by atoms with Crippen LogP contribution < -0.4 is 5.32 Å². The molecule has 0 unspecified atom stereocenters. The molecular weight excluding hydrogens is 356 g/mol. The predicted molar refractivity (Wildman–Crippen MR) is 105 cm³/mol. The molecule has 2 aliphatic heterocycles. The van der Waals surface area contributed by atoms with Crippen molar-refractivity contribution >= 4 is 32.9 Å². The first-order valence-corrected chi connectivity index (χ1v) is 11.0. The molecule has 2 atom stereocenters. The Kier molecular flexibility index (Phi) is 5.65. The molecule has 25 heavy (non-hydrogen) atoms. The third-order valence-corrected chi connectivity index (χ3v) is 7.06. The zero-order chi connectivity index (χ0) is 18.0. The largest absolute Gasteiger partial charge is 0.376 e. The summed E-state index contributed by atoms with van der Waals surface area (Å²) in [7, 11) is -2.97. The van der Waals surface area contributed by atoms with Gasteiger partial charge in [0.1, 0.15) is 0 Å². The lowest BCUT2D eigenvalue weighted by molar-refractivity contribution is 0.0851. The first-order chi connectivity index (χ1) is 11.8. The third kappa shape index (κ3) is 4.71. The van der Waals surface area contributed by atoms with Crippen LogP contribution >= 0.6 is 12.2 Å². The first kappa shape index (κ1) is 18.6. The van der Waals surface area contributed by atoms with Gasteiger partial charge in [-0.1, -0.05) is 12.1 Å². The predicted octanol–water partition coefficient (Wildman–Crippen LogP) is 2.67. The van der Waals surface area contributed by atoms with Crippen molar-refractivity contribution in [3.05, 3.63) is 29.3 Å². The number of benzene rings is 1. The van der Waals surface area contributed by atoms with E-state index in [2.05, 4.69) is 23.5 Å². The van der Waals surface area contributed by atoms with E-state index in [1.807, 2.05) is 18.7 Å². The van der Waals surface area contributed by atoms with E-state index in [0.29, 0.717) is 18.1 Å². The molecule has 138 valence electrons. The maximum atomic E-state index is 11.9. The topological polar surface area (TPSA) is 58.6 Å². The van der Waals surface area contributed by atoms with E-state index in [1.165, 1.54) is 0 Å². The van der Waals surface area contributed by atoms with Crippen molar-refractivity contribution in [1.82, 2.24) is 4.90 Å². The molecule has 0 aromatic heterocycles. The number of hydrogen-bond donors (Lipinski definition) is 1. The zero-order valence-corrected chi connectivity index (χ0v) is 16.5. The van der Waals surface area contributed by atoms with Gasteiger partial charge in [-0.15, -0.1) is 0 Å². The van der Waals surface area contributed by atoms with Gasteiger partial charge in [0.2, 0.25) is 0 Å². The maximum absolute atomic E-state index is 11.9. The molecular formula is C18H26N2O3S2. The number of ether oxygens (including phenoxy) is 1. The Bertz CT molecular complexity index is 743. The van der Waals surface area contributed by atoms with Crippen LogP contribution in [0, 0.1) is 13.8 Å². The van der Waals surface area contributed by atoms with Crippen molar-refractivity contribution in [2.75, 3.05) is 30.0 Å². The van der Waals surface area contributed by atoms with Crippen LogP contribution in [-0.2, 0) is 14.6 Å². The molecule has 2 saturated heterocycles. The van der Waals surface area contributed by atoms with E-state index in [4.69, 9.17) is 17.0 Å². The summed E-state index contributed by atoms with van der Waals surface area (Å²) in [6.45, 7) is 5.51. The molecule has 0 spiro atoms. The highest BCUT2D eigenvalue weighted by molar-refractivity contribution is 7.91. The Balaban J connectivity index is 1.77. The van der Waals surface area contributed by atoms with Crippen molar-refractivity contribution in [1.29, 1.82) is 0 Å². The second-order valence-electron chi connectivity index (χ2n) is 7.09. The molecule has 2 aliphatic rings. The summed E-state index contributed by atoms with van der Waals surface area (Å²) in [4.78, 5) is 2.04. The average Bonchev–Trinajstić information content (AvgIpc) is 3.17. The Morgan fingerprint density at radius 1 is 1.36 bits per heavy atom. The van der Waals surface area contributed by atoms with Gasteiger partial charge in [0.15, 0.2) is 14.9 Å². The number of thiocarbonyl (C=S) groups is 1. The molecule has 5 nitrogen and oxygen atoms in total. The average molecular weight is 383 g/mol. The van der Waals surface area contributed by atoms with Gasteiger partial charge in [0, 0.05) is 24.9 Å². The lowest BCUT2D eigenvalue weighted by Crippen LogP contribution is -2.47. The van der Waals surface area contributed by atoms with Crippen LogP contribution in [0.15, 0.2) is 18.2 Å². The zero-order valence-electron chi connectivity index (χ0n) is 14.8. The molecule has 1 aromatic carbocycles. The second kappa shape index (κ2) is 7.60. The van der Waals surface area contributed by atoms with Gasteiger partial charge in [-0.05, 0) is 62.5 Å². The number of sulfone groups is 1. The third-order valence-electron chi connectivity index (χ3n) is 4.97. The maximum Gasteiger partial charge on any atom is 0.173 e. The number of hydrogen-bond acceptors (Lipinski definition) is 4. The van der Waals surface area contributed by atoms with Gasteiger partial charge >= 0.3 is 0 Å². The monoisotopic (exact) mass is 382 g/mol. The van der Waals surface area contributed by atoms with Crippen LogP contribution in [0.25, 0.3) is 0 Å². The summed E-state index contributed by atoms with van der Waals surface area (Å²) in [5, 5.41) is 3.93. The van der Waals surface area contributed by atoms with Gasteiger partial charge in [-0.2, -0.15) is 0 Å². The molecule has 0 radical (unpaired) electrons. The van der Waals surface area contributed by atoms with Crippen molar-refractivity contribution in [2.24, 2.45) is 0 Å². The molecule has 0 bridgehead atoms. The number of aryl methyl sites for hydroxylation is 2. The van der Waals surface area contributed by atoms with E-state index in [1.54, 1.807) is 0 Å². The van der Waals surface area contributed by atoms with Crippen LogP contribution in [-0.4, -0.2) is 55.2 Å². The molecule has 0 amide bonds. The van der Waals surface area contributed by atoms with Gasteiger partial charge < -0.3 is 15.0 Å². The molecule has 0 saturated carbocycles. The van der Waals surface area contributed by atoms with Crippen molar-refractivity contribution < 1.29 is 13.2 Å². The minimum Gasteiger partial charge on any atom is -0.376 e. The Labute approximate surface area is 155 Å². The van der Waals surface area contributed by atoms with Gasteiger partial charge in [0.25, 0.3) is 0 Å². The minimum absolute atomic E-state index is 0.0701. The van der Waals surface area contributed by atoms with Crippen LogP contribution in [0.3, 0.4) is 0 Å². The SMILES string of the molecule is Cc1ccc(C)c(NC(=S)N(C[C@@H]2CCCO2)[C@@H]2CCS(=O)(=O)C2)c1. The smallest absolute Gasteiger partial charge is 0.173 e. The summed E-state index contributed by atoms with van der Waals surface area (Å²) in [5.74, 6) is 0.417. The fraction of sp³-hybridized carbons (Fsp3) is 0.611. The molecule has 2 fully saturated rings. The Morgan fingerprint density at radius 3 is 2.80 bits per heavy atom. The lowest BCUT2D eigenvalue weighted by atomic mass is 10.1. The van der Waals surface area contributed by atoms with Crippen LogP contribution in [0.5, 0.6) is 0 Å². The Hall–Kier alpha value is -1.18. The molecule has 3 rings (SSSR count). The van der Waals surface area contributed by atoms with Crippen molar-refractivity contribution in [2.45, 2.75) is 45.3 Å². The summed E-state index contributed by atoms with van der Waals surface area (Å²) < 4.78 is 29.6. The number of rotatable bonds is 4. The first-order valence-electron chi connectivity index (χ1n) is 8.81. The van der Waals surface area contributed by atoms with Crippen molar-refractivity contribution in [3.63, 3.8) is 0 Å². The summed E-state index contributed by atoms with van der Waals surface area (Å²) >= 11 is 5.67. The highest BCUT2D eigenvalue weighted by Crippen LogP contribution is 2.24. The molecule has 2 heterocycles. The van der Waals surface area contributed by atoms with E-state index >= 15 is 0 Å². The van der Waals surface area contributed by atoms with E-state index in [9.17, 15) is 8.42 Å². The van der Waals surface area contributed by atoms with E-state index in [0.717, 1.165) is 36.3 Å². The normalized spacial score (nSPS) is 25.0. The standard InChI is InChI=1S/C18H26N2O3S2/c1-13-5-6-14(2)17(10-13)19-18(24)20(11-16-4-3-8-23-16)15-7-9-25(21,22)12-15/h5-6,10,15-16H,3-4,7-9,11-12H2,1-2H3,(H,19,24)/t15-,16+/m1/s1. The summed E-state index contributed by atoms with van der Waals surface area (Å²) in [6, 6.07) is 6.12. The Morgan fingerprint density at radius 2 is 2.16 bits per heavy atom. The fourth-order valence-corrected chi connectivity index (χ4v) is 5.55. The molecule has 7 heteroatoms. The molecule has 1 aromatic rings. The fourth-order valence-electron chi connectivity index (χ4n) is 3.48. The van der Waals surface area contributed by atoms with Crippen LogP contribution in [0.2, 0.25) is 0 Å². The van der Waals surface area contributed by atoms with E-state index < -0.39 is 9.84 Å². The highest BCUT2D eigenvalue weighted by Gasteiger charge is 2.35. The number of anilines is 1. The van der Waals surface area contributed by atoms with Crippen LogP contribution in [0.4, 0.5) is 5.69 Å². The summed E-state index contributed by atoms with van der Waals surface area (Å²) in [6.07, 6.45) is 2.81. The number of nitrogens with zero attached hydrogens (tertiary/aromatic N) is 1. The lowest BCUT2D eigenvalue weighted by Gasteiger charge is -2.33. The van der Waals surface area contributed by atoms with Crippen molar-refractivity contribution in [3.8, 4) is 0 Å². The molecule has 1 N–H and O–H groups in total. The minimum atomic E-state index is -2.97. The van der Waals surface area contributed by atoms with Gasteiger partial charge in [-0.3, -0.25) is 0 Å². The summed E-state index contributed by atoms with van der Waals surface area (Å²) in [5.41, 5.74) is 3.25. The quantitative estimate of drug-likeness (QED) is 0.808. The molecule has 0 aliphatic carbocycles. The highest BCUT2D eigenvalue weighted by atomic mass is 32.2. The van der Waals surface area contributed by atoms with Gasteiger partial charge in [0.05, 0.1) is 17.6 Å².